The lowest BCUT2D eigenvalue weighted by atomic mass is 10.2. The molecule has 5 nitrogen and oxygen atoms in total. The van der Waals surface area contributed by atoms with Gasteiger partial charge in [-0.15, -0.1) is 0 Å². The van der Waals surface area contributed by atoms with Crippen LogP contribution in [-0.2, 0) is 9.59 Å². The van der Waals surface area contributed by atoms with Crippen molar-refractivity contribution in [3.8, 4) is 0 Å². The predicted molar refractivity (Wildman–Crippen MR) is 91.9 cm³/mol. The molecule has 1 aromatic carbocycles. The Morgan fingerprint density at radius 2 is 1.74 bits per heavy atom. The second kappa shape index (κ2) is 8.00. The molecule has 1 rings (SSSR count). The van der Waals surface area contributed by atoms with Crippen molar-refractivity contribution in [3.05, 3.63) is 22.7 Å². The number of carbonyl (C=O) groups is 3. The van der Waals surface area contributed by atoms with Gasteiger partial charge < -0.3 is 10.6 Å². The summed E-state index contributed by atoms with van der Waals surface area (Å²) in [6.07, 6.45) is 0.571. The predicted octanol–water partition coefficient (Wildman–Crippen LogP) is 2.90. The third-order valence-corrected chi connectivity index (χ3v) is 3.84. The first kappa shape index (κ1) is 16.6. The SMILES string of the molecule is O=Cc1cc(NC(=O)CI)cc(NC(=O)CI)c1Cl. The van der Waals surface area contributed by atoms with Gasteiger partial charge in [0.2, 0.25) is 11.8 Å². The minimum Gasteiger partial charge on any atom is -0.325 e. The molecule has 0 aliphatic heterocycles. The highest BCUT2D eigenvalue weighted by Gasteiger charge is 2.12. The lowest BCUT2D eigenvalue weighted by Crippen LogP contribution is -2.15. The Labute approximate surface area is 142 Å². The van der Waals surface area contributed by atoms with Gasteiger partial charge in [-0.05, 0) is 12.1 Å². The molecule has 2 N–H and O–H groups in total. The van der Waals surface area contributed by atoms with E-state index in [1.807, 2.05) is 45.2 Å². The number of hydrogen-bond acceptors (Lipinski definition) is 3. The van der Waals surface area contributed by atoms with Gasteiger partial charge in [-0.1, -0.05) is 56.8 Å². The summed E-state index contributed by atoms with van der Waals surface area (Å²) in [5.74, 6) is -0.442. The smallest absolute Gasteiger partial charge is 0.234 e. The number of amides is 2. The summed E-state index contributed by atoms with van der Waals surface area (Å²) in [5, 5.41) is 5.34. The van der Waals surface area contributed by atoms with Crippen LogP contribution >= 0.6 is 56.8 Å². The number of halogens is 3. The molecule has 0 atom stereocenters. The van der Waals surface area contributed by atoms with Crippen LogP contribution in [0.4, 0.5) is 11.4 Å². The fourth-order valence-electron chi connectivity index (χ4n) is 1.27. The number of carbonyl (C=O) groups excluding carboxylic acids is 3. The molecule has 8 heteroatoms. The van der Waals surface area contributed by atoms with E-state index in [1.165, 1.54) is 12.1 Å². The zero-order valence-electron chi connectivity index (χ0n) is 9.50. The van der Waals surface area contributed by atoms with Gasteiger partial charge in [-0.25, -0.2) is 0 Å². The van der Waals surface area contributed by atoms with E-state index in [0.717, 1.165) is 0 Å². The zero-order valence-corrected chi connectivity index (χ0v) is 14.6. The van der Waals surface area contributed by atoms with E-state index >= 15 is 0 Å². The van der Waals surface area contributed by atoms with Gasteiger partial charge in [0.25, 0.3) is 0 Å². The van der Waals surface area contributed by atoms with Gasteiger partial charge in [0.15, 0.2) is 6.29 Å². The molecule has 19 heavy (non-hydrogen) atoms. The largest absolute Gasteiger partial charge is 0.325 e. The maximum Gasteiger partial charge on any atom is 0.234 e. The first-order valence-corrected chi connectivity index (χ1v) is 8.45. The molecular weight excluding hydrogens is 497 g/mol. The van der Waals surface area contributed by atoms with Crippen molar-refractivity contribution in [1.29, 1.82) is 0 Å². The molecule has 0 aromatic heterocycles. The summed E-state index contributed by atoms with van der Waals surface area (Å²) in [6, 6.07) is 2.98. The average Bonchev–Trinajstić information content (AvgIpc) is 2.41. The van der Waals surface area contributed by atoms with Crippen LogP contribution < -0.4 is 10.6 Å². The monoisotopic (exact) mass is 506 g/mol. The third kappa shape index (κ3) is 4.88. The molecule has 102 valence electrons. The summed E-state index contributed by atoms with van der Waals surface area (Å²) in [4.78, 5) is 33.6. The van der Waals surface area contributed by atoms with Crippen LogP contribution in [0.2, 0.25) is 5.02 Å². The van der Waals surface area contributed by atoms with Gasteiger partial charge in [0.05, 0.1) is 19.6 Å². The molecule has 0 radical (unpaired) electrons. The van der Waals surface area contributed by atoms with E-state index in [1.54, 1.807) is 0 Å². The summed E-state index contributed by atoms with van der Waals surface area (Å²) in [7, 11) is 0. The Morgan fingerprint density at radius 3 is 2.26 bits per heavy atom. The van der Waals surface area contributed by atoms with Gasteiger partial charge in [0.1, 0.15) is 0 Å². The van der Waals surface area contributed by atoms with E-state index in [2.05, 4.69) is 10.6 Å². The van der Waals surface area contributed by atoms with E-state index in [0.29, 0.717) is 17.7 Å². The third-order valence-electron chi connectivity index (χ3n) is 2.03. The summed E-state index contributed by atoms with van der Waals surface area (Å²) in [6.45, 7) is 0. The molecule has 0 saturated carbocycles. The van der Waals surface area contributed by atoms with Gasteiger partial charge in [-0.2, -0.15) is 0 Å². The first-order chi connectivity index (χ1) is 9.01. The van der Waals surface area contributed by atoms with E-state index in [-0.39, 0.29) is 31.3 Å². The molecule has 1 aromatic rings. The highest BCUT2D eigenvalue weighted by atomic mass is 127. The van der Waals surface area contributed by atoms with E-state index in [9.17, 15) is 14.4 Å². The molecule has 0 unspecified atom stereocenters. The van der Waals surface area contributed by atoms with Crippen LogP contribution in [0.5, 0.6) is 0 Å². The Hall–Kier alpha value is -0.420. The Balaban J connectivity index is 3.14. The van der Waals surface area contributed by atoms with Crippen LogP contribution in [0.15, 0.2) is 12.1 Å². The minimum atomic E-state index is -0.239. The maximum absolute atomic E-state index is 11.4. The Kier molecular flexibility index (Phi) is 7.00. The highest BCUT2D eigenvalue weighted by molar-refractivity contribution is 14.1. The highest BCUT2D eigenvalue weighted by Crippen LogP contribution is 2.29. The number of rotatable bonds is 5. The van der Waals surface area contributed by atoms with E-state index in [4.69, 9.17) is 11.6 Å². The van der Waals surface area contributed by atoms with Crippen molar-refractivity contribution >= 4 is 86.3 Å². The maximum atomic E-state index is 11.4. The number of nitrogens with one attached hydrogen (secondary N) is 2. The van der Waals surface area contributed by atoms with Gasteiger partial charge in [0, 0.05) is 11.3 Å². The topological polar surface area (TPSA) is 75.3 Å². The summed E-state index contributed by atoms with van der Waals surface area (Å²) in [5.41, 5.74) is 0.922. The summed E-state index contributed by atoms with van der Waals surface area (Å²) >= 11 is 9.82. The molecule has 0 aliphatic carbocycles. The van der Waals surface area contributed by atoms with Crippen LogP contribution in [0.3, 0.4) is 0 Å². The van der Waals surface area contributed by atoms with Crippen LogP contribution in [-0.4, -0.2) is 27.0 Å². The number of alkyl halides is 2. The first-order valence-electron chi connectivity index (χ1n) is 5.02. The fraction of sp³-hybridized carbons (Fsp3) is 0.182. The molecular formula is C11H9ClI2N2O3. The molecule has 0 heterocycles. The normalized spacial score (nSPS) is 9.84. The van der Waals surface area contributed by atoms with Crippen LogP contribution in [0.25, 0.3) is 0 Å². The number of aldehydes is 1. The lowest BCUT2D eigenvalue weighted by molar-refractivity contribution is -0.114. The Bertz CT molecular complexity index is 523. The number of anilines is 2. The molecule has 2 amide bonds. The number of hydrogen-bond donors (Lipinski definition) is 2. The minimum absolute atomic E-state index is 0.153. The Morgan fingerprint density at radius 1 is 1.16 bits per heavy atom. The molecule has 0 spiro atoms. The zero-order chi connectivity index (χ0) is 14.4. The molecule has 0 bridgehead atoms. The average molecular weight is 506 g/mol. The fourth-order valence-corrected chi connectivity index (χ4v) is 1.86. The standard InChI is InChI=1S/C11H9ClI2N2O3/c12-11-6(5-17)1-7(15-9(18)3-13)2-8(11)16-10(19)4-14/h1-2,5H,3-4H2,(H,15,18)(H,16,19). The van der Waals surface area contributed by atoms with Crippen molar-refractivity contribution < 1.29 is 14.4 Å². The molecule has 0 fully saturated rings. The van der Waals surface area contributed by atoms with Crippen LogP contribution in [0.1, 0.15) is 10.4 Å². The van der Waals surface area contributed by atoms with Crippen molar-refractivity contribution in [2.24, 2.45) is 0 Å². The van der Waals surface area contributed by atoms with Crippen molar-refractivity contribution in [2.45, 2.75) is 0 Å². The van der Waals surface area contributed by atoms with Gasteiger partial charge in [-0.3, -0.25) is 14.4 Å². The van der Waals surface area contributed by atoms with Crippen LogP contribution in [0, 0.1) is 0 Å². The van der Waals surface area contributed by atoms with Gasteiger partial charge >= 0.3 is 0 Å². The molecule has 0 aliphatic rings. The van der Waals surface area contributed by atoms with Crippen molar-refractivity contribution in [3.63, 3.8) is 0 Å². The number of benzene rings is 1. The van der Waals surface area contributed by atoms with Crippen molar-refractivity contribution in [2.75, 3.05) is 19.5 Å². The summed E-state index contributed by atoms with van der Waals surface area (Å²) < 4.78 is 0.543. The molecule has 0 saturated heterocycles. The van der Waals surface area contributed by atoms with E-state index < -0.39 is 0 Å². The van der Waals surface area contributed by atoms with Crippen molar-refractivity contribution in [1.82, 2.24) is 0 Å². The second-order valence-electron chi connectivity index (χ2n) is 3.41. The lowest BCUT2D eigenvalue weighted by Gasteiger charge is -2.11. The quantitative estimate of drug-likeness (QED) is 0.367. The second-order valence-corrected chi connectivity index (χ2v) is 5.31.